The van der Waals surface area contributed by atoms with Gasteiger partial charge >= 0.3 is 6.03 Å². The van der Waals surface area contributed by atoms with Crippen molar-refractivity contribution in [1.82, 2.24) is 5.32 Å². The molecule has 2 rings (SSSR count). The van der Waals surface area contributed by atoms with Crippen LogP contribution >= 0.6 is 12.6 Å². The first-order chi connectivity index (χ1) is 9.16. The third-order valence-electron chi connectivity index (χ3n) is 2.85. The van der Waals surface area contributed by atoms with Gasteiger partial charge in [0.05, 0.1) is 5.69 Å². The smallest absolute Gasteiger partial charge is 0.319 e. The molecule has 0 saturated carbocycles. The van der Waals surface area contributed by atoms with Crippen LogP contribution in [0.25, 0.3) is 0 Å². The monoisotopic (exact) mass is 272 g/mol. The summed E-state index contributed by atoms with van der Waals surface area (Å²) in [4.78, 5) is 12.5. The largest absolute Gasteiger partial charge is 0.334 e. The van der Waals surface area contributed by atoms with E-state index in [1.807, 2.05) is 55.5 Å². The summed E-state index contributed by atoms with van der Waals surface area (Å²) in [6, 6.07) is 15.1. The maximum Gasteiger partial charge on any atom is 0.319 e. The molecule has 0 atom stereocenters. The van der Waals surface area contributed by atoms with Crippen molar-refractivity contribution in [1.29, 1.82) is 0 Å². The van der Waals surface area contributed by atoms with E-state index in [1.165, 1.54) is 0 Å². The van der Waals surface area contributed by atoms with Crippen molar-refractivity contribution in [3.8, 4) is 0 Å². The molecule has 0 spiro atoms. The molecule has 2 N–H and O–H groups in total. The van der Waals surface area contributed by atoms with Gasteiger partial charge in [-0.05, 0) is 30.2 Å². The van der Waals surface area contributed by atoms with Gasteiger partial charge in [-0.15, -0.1) is 12.6 Å². The highest BCUT2D eigenvalue weighted by Crippen LogP contribution is 2.18. The highest BCUT2D eigenvalue weighted by atomic mass is 32.1. The van der Waals surface area contributed by atoms with Crippen molar-refractivity contribution in [2.75, 3.05) is 5.32 Å². The topological polar surface area (TPSA) is 41.1 Å². The molecule has 0 unspecified atom stereocenters. The molecule has 2 aromatic rings. The fourth-order valence-corrected chi connectivity index (χ4v) is 1.95. The summed E-state index contributed by atoms with van der Waals surface area (Å²) in [5.74, 6) is 0. The number of benzene rings is 2. The molecular weight excluding hydrogens is 256 g/mol. The lowest BCUT2D eigenvalue weighted by Gasteiger charge is -2.10. The second kappa shape index (κ2) is 6.29. The quantitative estimate of drug-likeness (QED) is 0.734. The van der Waals surface area contributed by atoms with Crippen LogP contribution in [-0.2, 0) is 6.54 Å². The Morgan fingerprint density at radius 3 is 2.53 bits per heavy atom. The van der Waals surface area contributed by atoms with Crippen LogP contribution in [0.4, 0.5) is 10.5 Å². The molecule has 19 heavy (non-hydrogen) atoms. The van der Waals surface area contributed by atoms with Crippen molar-refractivity contribution in [3.05, 3.63) is 59.7 Å². The van der Waals surface area contributed by atoms with E-state index in [-0.39, 0.29) is 6.03 Å². The van der Waals surface area contributed by atoms with Gasteiger partial charge in [-0.3, -0.25) is 0 Å². The lowest BCUT2D eigenvalue weighted by Crippen LogP contribution is -2.28. The number of amides is 2. The highest BCUT2D eigenvalue weighted by Gasteiger charge is 2.04. The molecule has 0 aromatic heterocycles. The second-order valence-electron chi connectivity index (χ2n) is 4.25. The molecular formula is C15H16N2OS. The van der Waals surface area contributed by atoms with Gasteiger partial charge in [0.25, 0.3) is 0 Å². The molecule has 3 nitrogen and oxygen atoms in total. The average molecular weight is 272 g/mol. The lowest BCUT2D eigenvalue weighted by atomic mass is 10.1. The van der Waals surface area contributed by atoms with Gasteiger partial charge in [0.15, 0.2) is 0 Å². The third-order valence-corrected chi connectivity index (χ3v) is 3.24. The van der Waals surface area contributed by atoms with Crippen molar-refractivity contribution < 1.29 is 4.79 Å². The number of carbonyl (C=O) groups is 1. The fourth-order valence-electron chi connectivity index (χ4n) is 1.73. The van der Waals surface area contributed by atoms with Crippen LogP contribution in [0.3, 0.4) is 0 Å². The Bertz CT molecular complexity index is 584. The maximum absolute atomic E-state index is 11.8. The normalized spacial score (nSPS) is 10.0. The maximum atomic E-state index is 11.8. The third kappa shape index (κ3) is 3.76. The Hall–Kier alpha value is -1.94. The summed E-state index contributed by atoms with van der Waals surface area (Å²) in [6.07, 6.45) is 0. The van der Waals surface area contributed by atoms with Gasteiger partial charge < -0.3 is 10.6 Å². The lowest BCUT2D eigenvalue weighted by molar-refractivity contribution is 0.251. The highest BCUT2D eigenvalue weighted by molar-refractivity contribution is 7.80. The molecule has 0 bridgehead atoms. The Labute approximate surface area is 118 Å². The number of urea groups is 1. The van der Waals surface area contributed by atoms with Crippen LogP contribution < -0.4 is 10.6 Å². The first-order valence-electron chi connectivity index (χ1n) is 6.04. The minimum atomic E-state index is -0.232. The summed E-state index contributed by atoms with van der Waals surface area (Å²) < 4.78 is 0. The molecule has 4 heteroatoms. The Morgan fingerprint density at radius 1 is 1.11 bits per heavy atom. The van der Waals surface area contributed by atoms with E-state index in [9.17, 15) is 4.79 Å². The number of nitrogens with one attached hydrogen (secondary N) is 2. The molecule has 98 valence electrons. The zero-order valence-electron chi connectivity index (χ0n) is 10.7. The van der Waals surface area contributed by atoms with Crippen LogP contribution in [0.5, 0.6) is 0 Å². The number of anilines is 1. The summed E-state index contributed by atoms with van der Waals surface area (Å²) in [5.41, 5.74) is 2.97. The van der Waals surface area contributed by atoms with Gasteiger partial charge in [-0.1, -0.05) is 36.4 Å². The van der Waals surface area contributed by atoms with E-state index in [0.29, 0.717) is 12.2 Å². The minimum Gasteiger partial charge on any atom is -0.334 e. The molecule has 2 aromatic carbocycles. The first-order valence-corrected chi connectivity index (χ1v) is 6.49. The van der Waals surface area contributed by atoms with E-state index in [4.69, 9.17) is 0 Å². The predicted molar refractivity (Wildman–Crippen MR) is 80.7 cm³/mol. The number of para-hydroxylation sites is 1. The van der Waals surface area contributed by atoms with Gasteiger partial charge in [0.2, 0.25) is 0 Å². The minimum absolute atomic E-state index is 0.232. The molecule has 0 saturated heterocycles. The first kappa shape index (κ1) is 13.5. The number of carbonyl (C=O) groups excluding carboxylic acids is 1. The number of rotatable bonds is 3. The predicted octanol–water partition coefficient (Wildman–Crippen LogP) is 3.61. The number of aryl methyl sites for hydroxylation is 1. The molecule has 0 heterocycles. The molecule has 0 aliphatic rings. The van der Waals surface area contributed by atoms with Gasteiger partial charge in [-0.2, -0.15) is 0 Å². The van der Waals surface area contributed by atoms with E-state index in [1.54, 1.807) is 0 Å². The summed E-state index contributed by atoms with van der Waals surface area (Å²) >= 11 is 4.28. The number of hydrogen-bond acceptors (Lipinski definition) is 2. The van der Waals surface area contributed by atoms with E-state index < -0.39 is 0 Å². The summed E-state index contributed by atoms with van der Waals surface area (Å²) in [6.45, 7) is 2.53. The Kier molecular flexibility index (Phi) is 4.47. The van der Waals surface area contributed by atoms with Crippen molar-refractivity contribution >= 4 is 24.3 Å². The van der Waals surface area contributed by atoms with Crippen LogP contribution in [0.15, 0.2) is 53.4 Å². The van der Waals surface area contributed by atoms with E-state index in [0.717, 1.165) is 16.0 Å². The summed E-state index contributed by atoms with van der Waals surface area (Å²) in [7, 11) is 0. The number of thiol groups is 1. The van der Waals surface area contributed by atoms with Crippen molar-refractivity contribution in [2.24, 2.45) is 0 Å². The van der Waals surface area contributed by atoms with E-state index in [2.05, 4.69) is 23.3 Å². The SMILES string of the molecule is Cc1ccccc1CNC(=O)Nc1ccccc1S. The van der Waals surface area contributed by atoms with E-state index >= 15 is 0 Å². The fraction of sp³-hybridized carbons (Fsp3) is 0.133. The molecule has 0 aliphatic carbocycles. The Morgan fingerprint density at radius 2 is 1.79 bits per heavy atom. The molecule has 0 fully saturated rings. The van der Waals surface area contributed by atoms with Crippen molar-refractivity contribution in [3.63, 3.8) is 0 Å². The van der Waals surface area contributed by atoms with Gasteiger partial charge in [0, 0.05) is 11.4 Å². The summed E-state index contributed by atoms with van der Waals surface area (Å²) in [5, 5.41) is 5.60. The standard InChI is InChI=1S/C15H16N2OS/c1-11-6-2-3-7-12(11)10-16-15(18)17-13-8-4-5-9-14(13)19/h2-9,19H,10H2,1H3,(H2,16,17,18). The van der Waals surface area contributed by atoms with Crippen molar-refractivity contribution in [2.45, 2.75) is 18.4 Å². The average Bonchev–Trinajstić information content (AvgIpc) is 2.40. The zero-order chi connectivity index (χ0) is 13.7. The molecule has 0 radical (unpaired) electrons. The molecule has 0 aliphatic heterocycles. The zero-order valence-corrected chi connectivity index (χ0v) is 11.6. The Balaban J connectivity index is 1.92. The number of hydrogen-bond donors (Lipinski definition) is 3. The van der Waals surface area contributed by atoms with Crippen LogP contribution in [0, 0.1) is 6.92 Å². The van der Waals surface area contributed by atoms with Crippen LogP contribution in [0.1, 0.15) is 11.1 Å². The van der Waals surface area contributed by atoms with Gasteiger partial charge in [0.1, 0.15) is 0 Å². The van der Waals surface area contributed by atoms with Crippen LogP contribution in [0.2, 0.25) is 0 Å². The van der Waals surface area contributed by atoms with Crippen LogP contribution in [-0.4, -0.2) is 6.03 Å². The van der Waals surface area contributed by atoms with Gasteiger partial charge in [-0.25, -0.2) is 4.79 Å². The second-order valence-corrected chi connectivity index (χ2v) is 4.73. The molecule has 2 amide bonds.